The van der Waals surface area contributed by atoms with Crippen LogP contribution in [0.1, 0.15) is 34.1 Å². The minimum atomic E-state index is -1.44. The summed E-state index contributed by atoms with van der Waals surface area (Å²) in [5, 5.41) is 23.9. The molecular formula is C15H24N2O6S. The third-order valence-corrected chi connectivity index (χ3v) is 5.11. The Labute approximate surface area is 144 Å². The molecule has 4 N–H and O–H groups in total. The Bertz CT molecular complexity index is 538. The van der Waals surface area contributed by atoms with E-state index in [-0.39, 0.29) is 24.0 Å². The molecule has 1 unspecified atom stereocenters. The molecule has 0 bridgehead atoms. The van der Waals surface area contributed by atoms with Crippen LogP contribution < -0.4 is 10.6 Å². The number of aliphatic hydroxyl groups excluding tert-OH is 1. The molecule has 0 saturated carbocycles. The molecule has 1 fully saturated rings. The normalized spacial score (nSPS) is 25.9. The lowest BCUT2D eigenvalue weighted by atomic mass is 9.83. The molecule has 1 heterocycles. The predicted octanol–water partition coefficient (Wildman–Crippen LogP) is -0.253. The number of aliphatic hydroxyl groups is 1. The molecule has 0 aromatic rings. The summed E-state index contributed by atoms with van der Waals surface area (Å²) in [5.74, 6) is -2.98. The van der Waals surface area contributed by atoms with Crippen molar-refractivity contribution in [1.29, 1.82) is 0 Å². The maximum absolute atomic E-state index is 12.7. The largest absolute Gasteiger partial charge is 0.480 e. The van der Waals surface area contributed by atoms with E-state index in [0.29, 0.717) is 11.8 Å². The molecule has 9 heteroatoms. The van der Waals surface area contributed by atoms with Gasteiger partial charge in [0.25, 0.3) is 0 Å². The molecule has 4 atom stereocenters. The van der Waals surface area contributed by atoms with Crippen molar-refractivity contribution >= 4 is 34.7 Å². The summed E-state index contributed by atoms with van der Waals surface area (Å²) in [6.07, 6.45) is -0.940. The van der Waals surface area contributed by atoms with E-state index in [2.05, 4.69) is 10.6 Å². The number of rotatable bonds is 7. The van der Waals surface area contributed by atoms with Crippen LogP contribution in [0.2, 0.25) is 0 Å². The van der Waals surface area contributed by atoms with E-state index in [1.165, 1.54) is 6.92 Å². The van der Waals surface area contributed by atoms with Crippen LogP contribution in [-0.4, -0.2) is 56.5 Å². The molecule has 0 aliphatic carbocycles. The molecule has 0 radical (unpaired) electrons. The van der Waals surface area contributed by atoms with Crippen molar-refractivity contribution in [2.45, 2.75) is 51.8 Å². The van der Waals surface area contributed by atoms with Crippen molar-refractivity contribution in [2.24, 2.45) is 11.8 Å². The number of hydrogen-bond acceptors (Lipinski definition) is 6. The number of nitrogens with one attached hydrogen (secondary N) is 2. The molecular weight excluding hydrogens is 336 g/mol. The van der Waals surface area contributed by atoms with E-state index < -0.39 is 40.6 Å². The fourth-order valence-corrected chi connectivity index (χ4v) is 3.75. The van der Waals surface area contributed by atoms with Crippen molar-refractivity contribution in [2.75, 3.05) is 5.75 Å². The van der Waals surface area contributed by atoms with E-state index in [9.17, 15) is 24.3 Å². The third kappa shape index (κ3) is 4.47. The van der Waals surface area contributed by atoms with Gasteiger partial charge in [0, 0.05) is 18.6 Å². The number of thioether (sulfide) groups is 1. The summed E-state index contributed by atoms with van der Waals surface area (Å²) < 4.78 is 0. The van der Waals surface area contributed by atoms with Crippen molar-refractivity contribution < 1.29 is 29.4 Å². The zero-order valence-corrected chi connectivity index (χ0v) is 15.0. The van der Waals surface area contributed by atoms with Gasteiger partial charge in [-0.25, -0.2) is 4.79 Å². The molecule has 8 nitrogen and oxygen atoms in total. The monoisotopic (exact) mass is 360 g/mol. The zero-order chi connectivity index (χ0) is 18.7. The molecule has 136 valence electrons. The van der Waals surface area contributed by atoms with Crippen molar-refractivity contribution in [3.8, 4) is 0 Å². The first kappa shape index (κ1) is 20.4. The van der Waals surface area contributed by atoms with Gasteiger partial charge >= 0.3 is 5.97 Å². The fourth-order valence-electron chi connectivity index (χ4n) is 2.70. The van der Waals surface area contributed by atoms with Gasteiger partial charge in [-0.05, 0) is 12.3 Å². The molecule has 1 aliphatic rings. The number of carboxylic acid groups (broad SMARTS) is 1. The lowest BCUT2D eigenvalue weighted by Gasteiger charge is -2.34. The second-order valence-electron chi connectivity index (χ2n) is 6.44. The van der Waals surface area contributed by atoms with Gasteiger partial charge in [0.15, 0.2) is 0 Å². The minimum absolute atomic E-state index is 0.148. The van der Waals surface area contributed by atoms with Crippen LogP contribution in [0, 0.1) is 11.8 Å². The smallest absolute Gasteiger partial charge is 0.327 e. The highest BCUT2D eigenvalue weighted by atomic mass is 32.2. The average molecular weight is 360 g/mol. The number of hydrogen-bond donors (Lipinski definition) is 4. The SMILES string of the molecule is CC(=O)N[C@@H](CSC(=O)C1([C@@H](O)C(C)C)C[C@@H](C)C(=O)N1)C(=O)O. The maximum atomic E-state index is 12.7. The topological polar surface area (TPSA) is 133 Å². The summed E-state index contributed by atoms with van der Waals surface area (Å²) in [4.78, 5) is 46.8. The van der Waals surface area contributed by atoms with Gasteiger partial charge < -0.3 is 20.8 Å². The van der Waals surface area contributed by atoms with E-state index in [1.54, 1.807) is 20.8 Å². The maximum Gasteiger partial charge on any atom is 0.327 e. The van der Waals surface area contributed by atoms with E-state index in [1.807, 2.05) is 0 Å². The van der Waals surface area contributed by atoms with Gasteiger partial charge in [0.2, 0.25) is 16.9 Å². The molecule has 1 saturated heterocycles. The fraction of sp³-hybridized carbons (Fsp3) is 0.733. The number of carboxylic acids is 1. The van der Waals surface area contributed by atoms with E-state index in [4.69, 9.17) is 5.11 Å². The Kier molecular flexibility index (Phi) is 6.79. The van der Waals surface area contributed by atoms with Crippen molar-refractivity contribution in [1.82, 2.24) is 10.6 Å². The number of aliphatic carboxylic acids is 1. The van der Waals surface area contributed by atoms with Crippen LogP contribution in [0.3, 0.4) is 0 Å². The van der Waals surface area contributed by atoms with Crippen LogP contribution in [0.25, 0.3) is 0 Å². The Balaban J connectivity index is 2.92. The molecule has 2 amide bonds. The van der Waals surface area contributed by atoms with Crippen molar-refractivity contribution in [3.05, 3.63) is 0 Å². The predicted molar refractivity (Wildman–Crippen MR) is 88.2 cm³/mol. The summed E-state index contributed by atoms with van der Waals surface area (Å²) in [6, 6.07) is -1.22. The summed E-state index contributed by atoms with van der Waals surface area (Å²) >= 11 is 0.692. The standard InChI is InChI=1S/C15H24N2O6S/c1-7(2)11(19)15(5-8(3)12(20)17-15)14(23)24-6-10(13(21)22)16-9(4)18/h7-8,10-11,19H,5-6H2,1-4H3,(H,16,18)(H,17,20)(H,21,22)/t8-,10+,11+,15?/m1/s1. The summed E-state index contributed by atoms with van der Waals surface area (Å²) in [6.45, 7) is 6.32. The van der Waals surface area contributed by atoms with Crippen LogP contribution in [-0.2, 0) is 19.2 Å². The Morgan fingerprint density at radius 1 is 1.42 bits per heavy atom. The minimum Gasteiger partial charge on any atom is -0.480 e. The first-order valence-electron chi connectivity index (χ1n) is 7.68. The van der Waals surface area contributed by atoms with Gasteiger partial charge in [-0.2, -0.15) is 0 Å². The van der Waals surface area contributed by atoms with Crippen molar-refractivity contribution in [3.63, 3.8) is 0 Å². The Morgan fingerprint density at radius 3 is 2.38 bits per heavy atom. The summed E-state index contributed by atoms with van der Waals surface area (Å²) in [5.41, 5.74) is -1.44. The molecule has 1 rings (SSSR count). The van der Waals surface area contributed by atoms with Gasteiger partial charge in [-0.15, -0.1) is 0 Å². The van der Waals surface area contributed by atoms with Crippen LogP contribution in [0.15, 0.2) is 0 Å². The second kappa shape index (κ2) is 7.98. The first-order valence-corrected chi connectivity index (χ1v) is 8.67. The Morgan fingerprint density at radius 2 is 2.00 bits per heavy atom. The Hall–Kier alpha value is -1.61. The van der Waals surface area contributed by atoms with Crippen LogP contribution in [0.5, 0.6) is 0 Å². The first-order chi connectivity index (χ1) is 11.0. The molecule has 0 spiro atoms. The van der Waals surface area contributed by atoms with Gasteiger partial charge in [0.05, 0.1) is 6.10 Å². The lowest BCUT2D eigenvalue weighted by molar-refractivity contribution is -0.140. The zero-order valence-electron chi connectivity index (χ0n) is 14.2. The van der Waals surface area contributed by atoms with Gasteiger partial charge in [-0.1, -0.05) is 32.5 Å². The molecule has 0 aromatic heterocycles. The van der Waals surface area contributed by atoms with E-state index in [0.717, 1.165) is 0 Å². The highest BCUT2D eigenvalue weighted by molar-refractivity contribution is 8.13. The van der Waals surface area contributed by atoms with Gasteiger partial charge in [-0.3, -0.25) is 14.4 Å². The number of amides is 2. The summed E-state index contributed by atoms with van der Waals surface area (Å²) in [7, 11) is 0. The lowest BCUT2D eigenvalue weighted by Crippen LogP contribution is -2.58. The molecule has 0 aromatic carbocycles. The highest BCUT2D eigenvalue weighted by Crippen LogP contribution is 2.35. The quantitative estimate of drug-likeness (QED) is 0.492. The highest BCUT2D eigenvalue weighted by Gasteiger charge is 2.53. The van der Waals surface area contributed by atoms with Crippen LogP contribution in [0.4, 0.5) is 0 Å². The molecule has 1 aliphatic heterocycles. The van der Waals surface area contributed by atoms with Crippen LogP contribution >= 0.6 is 11.8 Å². The number of carbonyl (C=O) groups excluding carboxylic acids is 3. The average Bonchev–Trinajstić information content (AvgIpc) is 2.78. The van der Waals surface area contributed by atoms with E-state index >= 15 is 0 Å². The second-order valence-corrected chi connectivity index (χ2v) is 7.44. The third-order valence-electron chi connectivity index (χ3n) is 3.98. The molecule has 24 heavy (non-hydrogen) atoms. The van der Waals surface area contributed by atoms with Gasteiger partial charge in [0.1, 0.15) is 11.6 Å². The number of carbonyl (C=O) groups is 4.